The Balaban J connectivity index is 1.44. The summed E-state index contributed by atoms with van der Waals surface area (Å²) in [5.41, 5.74) is 1.79. The van der Waals surface area contributed by atoms with Crippen LogP contribution in [-0.2, 0) is 6.54 Å². The van der Waals surface area contributed by atoms with Crippen molar-refractivity contribution in [3.63, 3.8) is 0 Å². The molecule has 1 atom stereocenters. The number of pyridine rings is 2. The van der Waals surface area contributed by atoms with Crippen molar-refractivity contribution in [2.24, 2.45) is 0 Å². The molecule has 1 amide bonds. The van der Waals surface area contributed by atoms with E-state index in [9.17, 15) is 9.59 Å². The van der Waals surface area contributed by atoms with E-state index in [4.69, 9.17) is 0 Å². The molecule has 154 valence electrons. The highest BCUT2D eigenvalue weighted by Gasteiger charge is 2.31. The minimum absolute atomic E-state index is 0.101. The Hall–Kier alpha value is -3.87. The molecule has 4 aromatic rings. The van der Waals surface area contributed by atoms with Gasteiger partial charge >= 0.3 is 0 Å². The van der Waals surface area contributed by atoms with Crippen LogP contribution in [0.1, 0.15) is 23.3 Å². The lowest BCUT2D eigenvalue weighted by Crippen LogP contribution is -2.41. The lowest BCUT2D eigenvalue weighted by atomic mass is 10.1. The minimum atomic E-state index is -0.185. The van der Waals surface area contributed by atoms with Crippen molar-refractivity contribution in [2.45, 2.75) is 25.4 Å². The number of carbonyl (C=O) groups excluding carboxylic acids is 1. The van der Waals surface area contributed by atoms with Crippen LogP contribution < -0.4 is 5.56 Å². The molecule has 1 aromatic carbocycles. The number of amides is 1. The topological polar surface area (TPSA) is 81.0 Å². The van der Waals surface area contributed by atoms with Gasteiger partial charge in [0.1, 0.15) is 5.69 Å². The zero-order valence-electron chi connectivity index (χ0n) is 16.9. The van der Waals surface area contributed by atoms with Gasteiger partial charge in [-0.2, -0.15) is 5.10 Å². The number of carbonyl (C=O) groups is 1. The van der Waals surface area contributed by atoms with Gasteiger partial charge in [-0.25, -0.2) is 4.68 Å². The molecule has 4 heterocycles. The first-order chi connectivity index (χ1) is 15.2. The molecule has 7 nitrogen and oxygen atoms in total. The van der Waals surface area contributed by atoms with Crippen LogP contribution in [0.3, 0.4) is 0 Å². The van der Waals surface area contributed by atoms with Gasteiger partial charge in [-0.1, -0.05) is 24.3 Å². The summed E-state index contributed by atoms with van der Waals surface area (Å²) in [4.78, 5) is 36.2. The minimum Gasteiger partial charge on any atom is -0.332 e. The summed E-state index contributed by atoms with van der Waals surface area (Å²) in [5, 5.41) is 6.36. The Labute approximate surface area is 179 Å². The van der Waals surface area contributed by atoms with E-state index in [2.05, 4.69) is 15.1 Å². The average Bonchev–Trinajstić information content (AvgIpc) is 3.28. The van der Waals surface area contributed by atoms with Gasteiger partial charge in [0.15, 0.2) is 0 Å². The summed E-state index contributed by atoms with van der Waals surface area (Å²) in [5.74, 6) is -0.101. The standard InChI is InChI=1S/C24H21N5O2/c30-22-10-9-21(18-6-3-12-25-15-18)27-29(22)16-19-7-4-14-28(19)24(31)23-20-8-2-1-5-17(20)11-13-26-23/h1-3,5-6,8-13,15,19H,4,7,14,16H2. The quantitative estimate of drug-likeness (QED) is 0.515. The van der Waals surface area contributed by atoms with Gasteiger partial charge in [-0.15, -0.1) is 0 Å². The highest BCUT2D eigenvalue weighted by Crippen LogP contribution is 2.24. The molecule has 1 saturated heterocycles. The Morgan fingerprint density at radius 2 is 1.94 bits per heavy atom. The second-order valence-electron chi connectivity index (χ2n) is 7.66. The lowest BCUT2D eigenvalue weighted by molar-refractivity contribution is 0.0717. The monoisotopic (exact) mass is 411 g/mol. The number of aromatic nitrogens is 4. The molecule has 0 spiro atoms. The lowest BCUT2D eigenvalue weighted by Gasteiger charge is -2.25. The van der Waals surface area contributed by atoms with E-state index in [1.165, 1.54) is 10.7 Å². The fourth-order valence-electron chi connectivity index (χ4n) is 4.17. The van der Waals surface area contributed by atoms with Crippen LogP contribution in [0, 0.1) is 0 Å². The third-order valence-corrected chi connectivity index (χ3v) is 5.72. The van der Waals surface area contributed by atoms with Crippen molar-refractivity contribution in [3.8, 4) is 11.3 Å². The number of nitrogens with zero attached hydrogens (tertiary/aromatic N) is 5. The molecule has 1 unspecified atom stereocenters. The van der Waals surface area contributed by atoms with Gasteiger partial charge in [0.05, 0.1) is 18.3 Å². The van der Waals surface area contributed by atoms with Crippen molar-refractivity contribution in [1.29, 1.82) is 0 Å². The molecule has 0 N–H and O–H groups in total. The first-order valence-electron chi connectivity index (χ1n) is 10.3. The highest BCUT2D eigenvalue weighted by atomic mass is 16.2. The summed E-state index contributed by atoms with van der Waals surface area (Å²) in [6.07, 6.45) is 6.79. The fraction of sp³-hybridized carbons (Fsp3) is 0.208. The van der Waals surface area contributed by atoms with Crippen LogP contribution in [0.4, 0.5) is 0 Å². The van der Waals surface area contributed by atoms with E-state index in [0.717, 1.165) is 29.2 Å². The molecule has 0 saturated carbocycles. The third kappa shape index (κ3) is 3.70. The average molecular weight is 411 g/mol. The van der Waals surface area contributed by atoms with E-state index in [-0.39, 0.29) is 17.5 Å². The van der Waals surface area contributed by atoms with E-state index in [1.807, 2.05) is 47.4 Å². The van der Waals surface area contributed by atoms with Gasteiger partial charge in [-0.05, 0) is 42.5 Å². The van der Waals surface area contributed by atoms with Crippen molar-refractivity contribution in [2.75, 3.05) is 6.54 Å². The highest BCUT2D eigenvalue weighted by molar-refractivity contribution is 6.05. The molecule has 5 rings (SSSR count). The predicted molar refractivity (Wildman–Crippen MR) is 118 cm³/mol. The first kappa shape index (κ1) is 19.1. The number of fused-ring (bicyclic) bond motifs is 1. The van der Waals surface area contributed by atoms with Gasteiger partial charge < -0.3 is 4.90 Å². The molecule has 0 radical (unpaired) electrons. The molecule has 1 aliphatic heterocycles. The van der Waals surface area contributed by atoms with Gasteiger partial charge in [-0.3, -0.25) is 19.6 Å². The molecule has 3 aromatic heterocycles. The molecule has 1 fully saturated rings. The van der Waals surface area contributed by atoms with Crippen LogP contribution in [0.15, 0.2) is 78.0 Å². The zero-order valence-corrected chi connectivity index (χ0v) is 16.9. The largest absolute Gasteiger partial charge is 0.332 e. The Morgan fingerprint density at radius 1 is 1.03 bits per heavy atom. The maximum absolute atomic E-state index is 13.4. The Bertz CT molecular complexity index is 1300. The van der Waals surface area contributed by atoms with Crippen LogP contribution in [0.2, 0.25) is 0 Å². The summed E-state index contributed by atoms with van der Waals surface area (Å²) in [7, 11) is 0. The molecular weight excluding hydrogens is 390 g/mol. The fourth-order valence-corrected chi connectivity index (χ4v) is 4.17. The molecule has 31 heavy (non-hydrogen) atoms. The predicted octanol–water partition coefficient (Wildman–Crippen LogP) is 3.16. The number of benzene rings is 1. The van der Waals surface area contributed by atoms with Crippen LogP contribution >= 0.6 is 0 Å². The summed E-state index contributed by atoms with van der Waals surface area (Å²) >= 11 is 0. The molecule has 0 aliphatic carbocycles. The van der Waals surface area contributed by atoms with Crippen molar-refractivity contribution < 1.29 is 4.79 Å². The summed E-state index contributed by atoms with van der Waals surface area (Å²) < 4.78 is 1.45. The molecular formula is C24H21N5O2. The van der Waals surface area contributed by atoms with E-state index in [0.29, 0.717) is 24.5 Å². The SMILES string of the molecule is O=C(c1nccc2ccccc12)N1CCCC1Cn1nc(-c2cccnc2)ccc1=O. The maximum atomic E-state index is 13.4. The van der Waals surface area contributed by atoms with E-state index >= 15 is 0 Å². The summed E-state index contributed by atoms with van der Waals surface area (Å²) in [6, 6.07) is 16.5. The third-order valence-electron chi connectivity index (χ3n) is 5.72. The van der Waals surface area contributed by atoms with Crippen LogP contribution in [0.5, 0.6) is 0 Å². The second-order valence-corrected chi connectivity index (χ2v) is 7.66. The van der Waals surface area contributed by atoms with Gasteiger partial charge in [0, 0.05) is 42.2 Å². The smallest absolute Gasteiger partial charge is 0.273 e. The molecule has 1 aliphatic rings. The molecule has 7 heteroatoms. The van der Waals surface area contributed by atoms with Crippen LogP contribution in [0.25, 0.3) is 22.0 Å². The number of rotatable bonds is 4. The van der Waals surface area contributed by atoms with E-state index < -0.39 is 0 Å². The maximum Gasteiger partial charge on any atom is 0.273 e. The summed E-state index contributed by atoms with van der Waals surface area (Å²) in [6.45, 7) is 0.995. The van der Waals surface area contributed by atoms with Crippen molar-refractivity contribution in [3.05, 3.63) is 89.2 Å². The number of hydrogen-bond donors (Lipinski definition) is 0. The number of likely N-dealkylation sites (tertiary alicyclic amines) is 1. The van der Waals surface area contributed by atoms with Crippen molar-refractivity contribution in [1.82, 2.24) is 24.6 Å². The zero-order chi connectivity index (χ0) is 21.2. The normalized spacial score (nSPS) is 16.0. The first-order valence-corrected chi connectivity index (χ1v) is 10.3. The number of hydrogen-bond acceptors (Lipinski definition) is 5. The second kappa shape index (κ2) is 8.10. The van der Waals surface area contributed by atoms with Crippen molar-refractivity contribution >= 4 is 16.7 Å². The van der Waals surface area contributed by atoms with Crippen LogP contribution in [-0.4, -0.2) is 43.1 Å². The molecule has 0 bridgehead atoms. The van der Waals surface area contributed by atoms with E-state index in [1.54, 1.807) is 24.7 Å². The Kier molecular flexibility index (Phi) is 5.00. The van der Waals surface area contributed by atoms with Gasteiger partial charge in [0.25, 0.3) is 11.5 Å². The Morgan fingerprint density at radius 3 is 2.81 bits per heavy atom. The van der Waals surface area contributed by atoms with Gasteiger partial charge in [0.2, 0.25) is 0 Å².